The largest absolute Gasteiger partial charge is 0.399 e. The SMILES string of the molecule is CN(C)c1cc(N)ccc1[N+](=O)[O-].CN(C)c1ccc([N+](=O)[O-])c(N(C)C)c1. The molecule has 28 heavy (non-hydrogen) atoms. The van der Waals surface area contributed by atoms with Crippen molar-refractivity contribution in [3.63, 3.8) is 0 Å². The highest BCUT2D eigenvalue weighted by Gasteiger charge is 2.16. The van der Waals surface area contributed by atoms with Gasteiger partial charge in [-0.05, 0) is 24.3 Å². The van der Waals surface area contributed by atoms with Crippen molar-refractivity contribution in [2.45, 2.75) is 0 Å². The van der Waals surface area contributed by atoms with E-state index in [2.05, 4.69) is 0 Å². The van der Waals surface area contributed by atoms with Crippen molar-refractivity contribution < 1.29 is 9.85 Å². The second-order valence-electron chi connectivity index (χ2n) is 6.62. The van der Waals surface area contributed by atoms with Crippen LogP contribution in [0.25, 0.3) is 0 Å². The lowest BCUT2D eigenvalue weighted by Crippen LogP contribution is -2.14. The van der Waals surface area contributed by atoms with Gasteiger partial charge in [0.1, 0.15) is 11.4 Å². The number of nitrogen functional groups attached to an aromatic ring is 1. The Morgan fingerprint density at radius 1 is 0.714 bits per heavy atom. The summed E-state index contributed by atoms with van der Waals surface area (Å²) in [5.74, 6) is 0. The maximum atomic E-state index is 10.8. The molecule has 0 atom stereocenters. The van der Waals surface area contributed by atoms with Gasteiger partial charge in [-0.2, -0.15) is 0 Å². The van der Waals surface area contributed by atoms with Gasteiger partial charge in [-0.3, -0.25) is 20.2 Å². The summed E-state index contributed by atoms with van der Waals surface area (Å²) in [5.41, 5.74) is 8.32. The molecule has 0 bridgehead atoms. The van der Waals surface area contributed by atoms with Gasteiger partial charge in [0, 0.05) is 65.8 Å². The van der Waals surface area contributed by atoms with Gasteiger partial charge < -0.3 is 20.4 Å². The molecule has 10 heteroatoms. The Morgan fingerprint density at radius 2 is 1.14 bits per heavy atom. The van der Waals surface area contributed by atoms with Crippen LogP contribution in [0.1, 0.15) is 0 Å². The molecule has 0 fully saturated rings. The first-order chi connectivity index (χ1) is 13.0. The van der Waals surface area contributed by atoms with Gasteiger partial charge in [0.15, 0.2) is 0 Å². The topological polar surface area (TPSA) is 122 Å². The van der Waals surface area contributed by atoms with E-state index in [1.165, 1.54) is 18.2 Å². The minimum Gasteiger partial charge on any atom is -0.399 e. The molecule has 2 aromatic rings. The van der Waals surface area contributed by atoms with Crippen LogP contribution in [0.5, 0.6) is 0 Å². The molecule has 2 N–H and O–H groups in total. The zero-order valence-corrected chi connectivity index (χ0v) is 16.9. The van der Waals surface area contributed by atoms with Crippen LogP contribution < -0.4 is 20.4 Å². The van der Waals surface area contributed by atoms with Gasteiger partial charge in [-0.25, -0.2) is 0 Å². The summed E-state index contributed by atoms with van der Waals surface area (Å²) in [4.78, 5) is 25.9. The molecule has 10 nitrogen and oxygen atoms in total. The molecule has 2 rings (SSSR count). The monoisotopic (exact) mass is 390 g/mol. The molecule has 152 valence electrons. The van der Waals surface area contributed by atoms with Crippen molar-refractivity contribution in [2.75, 3.05) is 62.7 Å². The number of benzene rings is 2. The first-order valence-corrected chi connectivity index (χ1v) is 8.30. The Hall–Kier alpha value is -3.56. The van der Waals surface area contributed by atoms with E-state index < -0.39 is 4.92 Å². The van der Waals surface area contributed by atoms with Crippen molar-refractivity contribution in [3.8, 4) is 0 Å². The fraction of sp³-hybridized carbons (Fsp3) is 0.333. The number of anilines is 4. The van der Waals surface area contributed by atoms with E-state index >= 15 is 0 Å². The lowest BCUT2D eigenvalue weighted by molar-refractivity contribution is -0.384. The van der Waals surface area contributed by atoms with E-state index in [0.717, 1.165) is 5.69 Å². The summed E-state index contributed by atoms with van der Waals surface area (Å²) in [6.45, 7) is 0. The number of hydrogen-bond donors (Lipinski definition) is 1. The van der Waals surface area contributed by atoms with E-state index in [-0.39, 0.29) is 16.3 Å². The highest BCUT2D eigenvalue weighted by molar-refractivity contribution is 5.69. The van der Waals surface area contributed by atoms with Crippen LogP contribution in [0.4, 0.5) is 34.1 Å². The van der Waals surface area contributed by atoms with Gasteiger partial charge in [0.25, 0.3) is 11.4 Å². The maximum absolute atomic E-state index is 10.8. The Labute approximate surface area is 164 Å². The van der Waals surface area contributed by atoms with Gasteiger partial charge in [0.2, 0.25) is 0 Å². The number of nitro benzene ring substituents is 2. The van der Waals surface area contributed by atoms with Gasteiger partial charge >= 0.3 is 0 Å². The fourth-order valence-corrected chi connectivity index (χ4v) is 2.36. The summed E-state index contributed by atoms with van der Waals surface area (Å²) in [5, 5.41) is 21.3. The third-order valence-corrected chi connectivity index (χ3v) is 3.83. The number of nitro groups is 2. The van der Waals surface area contributed by atoms with E-state index in [9.17, 15) is 20.2 Å². The quantitative estimate of drug-likeness (QED) is 0.470. The van der Waals surface area contributed by atoms with Crippen molar-refractivity contribution in [3.05, 3.63) is 56.6 Å². The van der Waals surface area contributed by atoms with Gasteiger partial charge in [-0.1, -0.05) is 0 Å². The molecule has 0 aromatic heterocycles. The summed E-state index contributed by atoms with van der Waals surface area (Å²) in [6, 6.07) is 9.59. The predicted octanol–water partition coefficient (Wildman–Crippen LogP) is 2.97. The Morgan fingerprint density at radius 3 is 1.54 bits per heavy atom. The molecule has 0 amide bonds. The van der Waals surface area contributed by atoms with Crippen LogP contribution in [0.2, 0.25) is 0 Å². The van der Waals surface area contributed by atoms with Crippen LogP contribution in [0.3, 0.4) is 0 Å². The summed E-state index contributed by atoms with van der Waals surface area (Å²) >= 11 is 0. The van der Waals surface area contributed by atoms with Crippen molar-refractivity contribution in [1.82, 2.24) is 0 Å². The fourth-order valence-electron chi connectivity index (χ4n) is 2.36. The normalized spacial score (nSPS) is 9.79. The number of hydrogen-bond acceptors (Lipinski definition) is 8. The molecule has 0 spiro atoms. The standard InChI is InChI=1S/C10H15N3O2.C8H11N3O2/c1-11(2)8-5-6-9(13(14)15)10(7-8)12(3)4;1-10(2)8-5-6(9)3-4-7(8)11(12)13/h5-7H,1-4H3;3-5H,9H2,1-2H3. The van der Waals surface area contributed by atoms with Crippen molar-refractivity contribution >= 4 is 34.1 Å². The van der Waals surface area contributed by atoms with Gasteiger partial charge in [-0.15, -0.1) is 0 Å². The molecule has 0 aliphatic heterocycles. The molecular formula is C18H26N6O4. The first kappa shape index (κ1) is 22.5. The zero-order chi connectivity index (χ0) is 21.6. The van der Waals surface area contributed by atoms with E-state index in [0.29, 0.717) is 17.1 Å². The minimum atomic E-state index is -0.422. The summed E-state index contributed by atoms with van der Waals surface area (Å²) in [7, 11) is 10.9. The molecule has 0 saturated heterocycles. The molecule has 0 saturated carbocycles. The first-order valence-electron chi connectivity index (χ1n) is 8.30. The van der Waals surface area contributed by atoms with Crippen LogP contribution in [0, 0.1) is 20.2 Å². The second-order valence-corrected chi connectivity index (χ2v) is 6.62. The van der Waals surface area contributed by atoms with E-state index in [4.69, 9.17) is 5.73 Å². The average Bonchev–Trinajstić information content (AvgIpc) is 2.61. The highest BCUT2D eigenvalue weighted by atomic mass is 16.6. The third-order valence-electron chi connectivity index (χ3n) is 3.83. The van der Waals surface area contributed by atoms with Crippen LogP contribution in [0.15, 0.2) is 36.4 Å². The smallest absolute Gasteiger partial charge is 0.292 e. The Bertz CT molecular complexity index is 852. The lowest BCUT2D eigenvalue weighted by Gasteiger charge is -2.17. The van der Waals surface area contributed by atoms with Gasteiger partial charge in [0.05, 0.1) is 9.85 Å². The maximum Gasteiger partial charge on any atom is 0.292 e. The molecule has 0 aliphatic carbocycles. The molecular weight excluding hydrogens is 364 g/mol. The van der Waals surface area contributed by atoms with Crippen molar-refractivity contribution in [2.24, 2.45) is 0 Å². The molecule has 0 radical (unpaired) electrons. The Kier molecular flexibility index (Phi) is 7.55. The van der Waals surface area contributed by atoms with Crippen LogP contribution in [-0.4, -0.2) is 52.1 Å². The zero-order valence-electron chi connectivity index (χ0n) is 16.9. The third kappa shape index (κ3) is 5.73. The molecule has 2 aromatic carbocycles. The number of nitrogens with two attached hydrogens (primary N) is 1. The minimum absolute atomic E-state index is 0.0687. The lowest BCUT2D eigenvalue weighted by atomic mass is 10.2. The molecule has 0 unspecified atom stereocenters. The van der Waals surface area contributed by atoms with Crippen LogP contribution >= 0.6 is 0 Å². The molecule has 0 heterocycles. The summed E-state index contributed by atoms with van der Waals surface area (Å²) in [6.07, 6.45) is 0. The van der Waals surface area contributed by atoms with Crippen molar-refractivity contribution in [1.29, 1.82) is 0 Å². The second kappa shape index (κ2) is 9.40. The highest BCUT2D eigenvalue weighted by Crippen LogP contribution is 2.30. The Balaban J connectivity index is 0.000000283. The molecule has 0 aliphatic rings. The predicted molar refractivity (Wildman–Crippen MR) is 114 cm³/mol. The van der Waals surface area contributed by atoms with E-state index in [1.807, 2.05) is 19.0 Å². The van der Waals surface area contributed by atoms with E-state index in [1.54, 1.807) is 56.2 Å². The summed E-state index contributed by atoms with van der Waals surface area (Å²) < 4.78 is 0. The average molecular weight is 390 g/mol. The number of nitrogens with zero attached hydrogens (tertiary/aromatic N) is 5. The number of rotatable bonds is 5. The van der Waals surface area contributed by atoms with Crippen LogP contribution in [-0.2, 0) is 0 Å².